The van der Waals surface area contributed by atoms with E-state index in [1.54, 1.807) is 0 Å². The van der Waals surface area contributed by atoms with Crippen molar-refractivity contribution < 1.29 is 0 Å². The Bertz CT molecular complexity index is 104. The SMILES string of the molecule is CCCCC(CC)CC(N)CCN. The molecule has 0 rings (SSSR count). The van der Waals surface area contributed by atoms with Crippen molar-refractivity contribution in [3.63, 3.8) is 0 Å². The highest BCUT2D eigenvalue weighted by atomic mass is 14.7. The minimum atomic E-state index is 0.326. The van der Waals surface area contributed by atoms with E-state index >= 15 is 0 Å². The average molecular weight is 186 g/mol. The van der Waals surface area contributed by atoms with Crippen LogP contribution >= 0.6 is 0 Å². The summed E-state index contributed by atoms with van der Waals surface area (Å²) >= 11 is 0. The van der Waals surface area contributed by atoms with Crippen molar-refractivity contribution in [2.75, 3.05) is 6.54 Å². The Kier molecular flexibility index (Phi) is 8.46. The maximum atomic E-state index is 5.95. The highest BCUT2D eigenvalue weighted by molar-refractivity contribution is 4.68. The molecule has 0 aromatic carbocycles. The molecule has 0 heterocycles. The van der Waals surface area contributed by atoms with Gasteiger partial charge in [0.15, 0.2) is 0 Å². The Morgan fingerprint density at radius 2 is 1.85 bits per heavy atom. The van der Waals surface area contributed by atoms with Gasteiger partial charge in [0.25, 0.3) is 0 Å². The topological polar surface area (TPSA) is 52.0 Å². The third-order valence-electron chi connectivity index (χ3n) is 2.72. The highest BCUT2D eigenvalue weighted by Crippen LogP contribution is 2.18. The number of hydrogen-bond donors (Lipinski definition) is 2. The summed E-state index contributed by atoms with van der Waals surface area (Å²) in [6.07, 6.45) is 7.37. The summed E-state index contributed by atoms with van der Waals surface area (Å²) in [5.74, 6) is 0.821. The van der Waals surface area contributed by atoms with Crippen LogP contribution in [0.25, 0.3) is 0 Å². The second-order valence-corrected chi connectivity index (χ2v) is 3.99. The number of rotatable bonds is 8. The molecule has 0 aromatic rings. The molecule has 0 aliphatic rings. The number of unbranched alkanes of at least 4 members (excludes halogenated alkanes) is 1. The van der Waals surface area contributed by atoms with Crippen LogP contribution in [0.5, 0.6) is 0 Å². The molecule has 0 amide bonds. The van der Waals surface area contributed by atoms with Gasteiger partial charge in [-0.25, -0.2) is 0 Å². The van der Waals surface area contributed by atoms with E-state index in [-0.39, 0.29) is 0 Å². The van der Waals surface area contributed by atoms with E-state index in [2.05, 4.69) is 13.8 Å². The van der Waals surface area contributed by atoms with Crippen LogP contribution in [0, 0.1) is 5.92 Å². The lowest BCUT2D eigenvalue weighted by Crippen LogP contribution is -2.26. The van der Waals surface area contributed by atoms with Crippen LogP contribution in [0.15, 0.2) is 0 Å². The zero-order valence-corrected chi connectivity index (χ0v) is 9.26. The minimum absolute atomic E-state index is 0.326. The molecule has 2 heteroatoms. The Hall–Kier alpha value is -0.0800. The largest absolute Gasteiger partial charge is 0.330 e. The van der Waals surface area contributed by atoms with E-state index in [0.29, 0.717) is 6.04 Å². The van der Waals surface area contributed by atoms with Crippen molar-refractivity contribution in [3.8, 4) is 0 Å². The van der Waals surface area contributed by atoms with E-state index in [9.17, 15) is 0 Å². The Balaban J connectivity index is 3.56. The van der Waals surface area contributed by atoms with Gasteiger partial charge in [-0.2, -0.15) is 0 Å². The van der Waals surface area contributed by atoms with Crippen LogP contribution in [-0.2, 0) is 0 Å². The third kappa shape index (κ3) is 7.03. The van der Waals surface area contributed by atoms with Crippen LogP contribution in [0.4, 0.5) is 0 Å². The molecule has 0 spiro atoms. The Labute approximate surface area is 83.1 Å². The van der Waals surface area contributed by atoms with Gasteiger partial charge in [0.2, 0.25) is 0 Å². The molecule has 4 N–H and O–H groups in total. The summed E-state index contributed by atoms with van der Waals surface area (Å²) in [4.78, 5) is 0. The van der Waals surface area contributed by atoms with Crippen molar-refractivity contribution in [3.05, 3.63) is 0 Å². The molecule has 0 bridgehead atoms. The monoisotopic (exact) mass is 186 g/mol. The second-order valence-electron chi connectivity index (χ2n) is 3.99. The lowest BCUT2D eigenvalue weighted by Gasteiger charge is -2.18. The summed E-state index contributed by atoms with van der Waals surface area (Å²) in [6.45, 7) is 5.23. The standard InChI is InChI=1S/C11H26N2/c1-3-5-6-10(4-2)9-11(13)7-8-12/h10-11H,3-9,12-13H2,1-2H3. The number of nitrogens with two attached hydrogens (primary N) is 2. The van der Waals surface area contributed by atoms with Crippen molar-refractivity contribution in [1.29, 1.82) is 0 Å². The fraction of sp³-hybridized carbons (Fsp3) is 1.00. The van der Waals surface area contributed by atoms with Crippen LogP contribution < -0.4 is 11.5 Å². The number of hydrogen-bond acceptors (Lipinski definition) is 2. The molecule has 0 saturated heterocycles. The van der Waals surface area contributed by atoms with E-state index in [0.717, 1.165) is 25.3 Å². The van der Waals surface area contributed by atoms with Crippen LogP contribution in [0.2, 0.25) is 0 Å². The third-order valence-corrected chi connectivity index (χ3v) is 2.72. The molecular formula is C11H26N2. The van der Waals surface area contributed by atoms with Crippen LogP contribution in [0.1, 0.15) is 52.4 Å². The van der Waals surface area contributed by atoms with Gasteiger partial charge in [-0.3, -0.25) is 0 Å². The molecule has 80 valence electrons. The summed E-state index contributed by atoms with van der Waals surface area (Å²) in [5.41, 5.74) is 11.4. The maximum Gasteiger partial charge on any atom is 0.00534 e. The predicted octanol–water partition coefficient (Wildman–Crippen LogP) is 2.27. The summed E-state index contributed by atoms with van der Waals surface area (Å²) < 4.78 is 0. The molecule has 0 aliphatic heterocycles. The molecule has 0 radical (unpaired) electrons. The molecular weight excluding hydrogens is 160 g/mol. The van der Waals surface area contributed by atoms with Gasteiger partial charge in [0.1, 0.15) is 0 Å². The van der Waals surface area contributed by atoms with Crippen LogP contribution in [-0.4, -0.2) is 12.6 Å². The molecule has 2 atom stereocenters. The van der Waals surface area contributed by atoms with Gasteiger partial charge >= 0.3 is 0 Å². The molecule has 0 fully saturated rings. The second kappa shape index (κ2) is 8.52. The first-order valence-electron chi connectivity index (χ1n) is 5.70. The van der Waals surface area contributed by atoms with Crippen LogP contribution in [0.3, 0.4) is 0 Å². The summed E-state index contributed by atoms with van der Waals surface area (Å²) in [7, 11) is 0. The fourth-order valence-corrected chi connectivity index (χ4v) is 1.74. The molecule has 2 nitrogen and oxygen atoms in total. The average Bonchev–Trinajstić information content (AvgIpc) is 2.12. The van der Waals surface area contributed by atoms with Gasteiger partial charge in [-0.1, -0.05) is 39.5 Å². The van der Waals surface area contributed by atoms with E-state index < -0.39 is 0 Å². The van der Waals surface area contributed by atoms with Crippen molar-refractivity contribution in [2.24, 2.45) is 17.4 Å². The van der Waals surface area contributed by atoms with Gasteiger partial charge in [-0.05, 0) is 25.3 Å². The molecule has 0 aliphatic carbocycles. The van der Waals surface area contributed by atoms with Crippen molar-refractivity contribution in [2.45, 2.75) is 58.4 Å². The summed E-state index contributed by atoms with van der Waals surface area (Å²) in [5, 5.41) is 0. The normalized spacial score (nSPS) is 15.7. The highest BCUT2D eigenvalue weighted by Gasteiger charge is 2.10. The first-order valence-corrected chi connectivity index (χ1v) is 5.70. The van der Waals surface area contributed by atoms with Gasteiger partial charge in [-0.15, -0.1) is 0 Å². The van der Waals surface area contributed by atoms with Gasteiger partial charge in [0, 0.05) is 6.04 Å². The van der Waals surface area contributed by atoms with Crippen molar-refractivity contribution in [1.82, 2.24) is 0 Å². The maximum absolute atomic E-state index is 5.95. The smallest absolute Gasteiger partial charge is 0.00534 e. The zero-order valence-electron chi connectivity index (χ0n) is 9.26. The Morgan fingerprint density at radius 1 is 1.15 bits per heavy atom. The molecule has 13 heavy (non-hydrogen) atoms. The summed E-state index contributed by atoms with van der Waals surface area (Å²) in [6, 6.07) is 0.326. The molecule has 0 saturated carbocycles. The predicted molar refractivity (Wildman–Crippen MR) is 59.6 cm³/mol. The van der Waals surface area contributed by atoms with E-state index in [1.807, 2.05) is 0 Å². The first kappa shape index (κ1) is 12.9. The fourth-order valence-electron chi connectivity index (χ4n) is 1.74. The van der Waals surface area contributed by atoms with E-state index in [4.69, 9.17) is 11.5 Å². The lowest BCUT2D eigenvalue weighted by molar-refractivity contribution is 0.377. The lowest BCUT2D eigenvalue weighted by atomic mass is 9.91. The Morgan fingerprint density at radius 3 is 2.31 bits per heavy atom. The molecule has 2 unspecified atom stereocenters. The van der Waals surface area contributed by atoms with Gasteiger partial charge in [0.05, 0.1) is 0 Å². The van der Waals surface area contributed by atoms with E-state index in [1.165, 1.54) is 25.7 Å². The zero-order chi connectivity index (χ0) is 10.1. The first-order chi connectivity index (χ1) is 6.24. The molecule has 0 aromatic heterocycles. The van der Waals surface area contributed by atoms with Gasteiger partial charge < -0.3 is 11.5 Å². The quantitative estimate of drug-likeness (QED) is 0.611. The minimum Gasteiger partial charge on any atom is -0.330 e. The van der Waals surface area contributed by atoms with Crippen molar-refractivity contribution >= 4 is 0 Å².